The first-order valence-electron chi connectivity index (χ1n) is 5.22. The molecule has 0 spiro atoms. The van der Waals surface area contributed by atoms with E-state index in [2.05, 4.69) is 11.4 Å². The minimum Gasteiger partial charge on any atom is -0.497 e. The van der Waals surface area contributed by atoms with Crippen LogP contribution in [0.1, 0.15) is 11.6 Å². The van der Waals surface area contributed by atoms with Crippen molar-refractivity contribution in [2.75, 3.05) is 27.4 Å². The highest BCUT2D eigenvalue weighted by Gasteiger charge is 2.12. The van der Waals surface area contributed by atoms with Crippen LogP contribution < -0.4 is 14.8 Å². The first-order chi connectivity index (χ1) is 8.24. The third-order valence-electron chi connectivity index (χ3n) is 2.30. The number of aliphatic hydroxyl groups excluding tert-OH is 1. The molecular formula is C12H16N2O3. The normalized spacial score (nSPS) is 11.6. The highest BCUT2D eigenvalue weighted by molar-refractivity contribution is 5.41. The number of hydrogen-bond acceptors (Lipinski definition) is 5. The van der Waals surface area contributed by atoms with Crippen molar-refractivity contribution in [3.05, 3.63) is 23.8 Å². The van der Waals surface area contributed by atoms with Crippen LogP contribution in [0.5, 0.6) is 11.5 Å². The summed E-state index contributed by atoms with van der Waals surface area (Å²) in [5.41, 5.74) is 0.747. The summed E-state index contributed by atoms with van der Waals surface area (Å²) in [5, 5.41) is 20.7. The van der Waals surface area contributed by atoms with Crippen molar-refractivity contribution in [2.45, 2.75) is 6.04 Å². The Bertz CT molecular complexity index is 379. The number of aliphatic hydroxyl groups is 1. The Balaban J connectivity index is 2.97. The molecule has 1 unspecified atom stereocenters. The number of rotatable bonds is 6. The Kier molecular flexibility index (Phi) is 5.27. The zero-order valence-electron chi connectivity index (χ0n) is 9.93. The zero-order valence-corrected chi connectivity index (χ0v) is 9.93. The average molecular weight is 236 g/mol. The standard InChI is InChI=1S/C12H16N2O3/c1-16-10-5-9(6-11(7-10)17-2)12(8-13)14-3-4-15/h5-7,12,14-15H,3-4H2,1-2H3. The lowest BCUT2D eigenvalue weighted by Gasteiger charge is -2.13. The van der Waals surface area contributed by atoms with E-state index in [1.807, 2.05) is 0 Å². The van der Waals surface area contributed by atoms with Gasteiger partial charge in [0.2, 0.25) is 0 Å². The van der Waals surface area contributed by atoms with E-state index < -0.39 is 6.04 Å². The monoisotopic (exact) mass is 236 g/mol. The van der Waals surface area contributed by atoms with E-state index in [1.54, 1.807) is 32.4 Å². The van der Waals surface area contributed by atoms with Crippen molar-refractivity contribution in [2.24, 2.45) is 0 Å². The first-order valence-corrected chi connectivity index (χ1v) is 5.22. The van der Waals surface area contributed by atoms with E-state index in [9.17, 15) is 0 Å². The fourth-order valence-corrected chi connectivity index (χ4v) is 1.44. The fraction of sp³-hybridized carbons (Fsp3) is 0.417. The molecule has 0 aliphatic heterocycles. The Morgan fingerprint density at radius 2 is 1.88 bits per heavy atom. The lowest BCUT2D eigenvalue weighted by molar-refractivity contribution is 0.289. The van der Waals surface area contributed by atoms with Crippen LogP contribution in [0.2, 0.25) is 0 Å². The Morgan fingerprint density at radius 3 is 2.29 bits per heavy atom. The molecule has 0 aliphatic rings. The SMILES string of the molecule is COc1cc(OC)cc(C(C#N)NCCO)c1. The molecule has 1 aromatic rings. The van der Waals surface area contributed by atoms with E-state index >= 15 is 0 Å². The largest absolute Gasteiger partial charge is 0.497 e. The van der Waals surface area contributed by atoms with Gasteiger partial charge in [-0.1, -0.05) is 0 Å². The minimum atomic E-state index is -0.494. The number of nitrogens with one attached hydrogen (secondary N) is 1. The summed E-state index contributed by atoms with van der Waals surface area (Å²) in [7, 11) is 3.11. The predicted molar refractivity (Wildman–Crippen MR) is 63.0 cm³/mol. The fourth-order valence-electron chi connectivity index (χ4n) is 1.44. The highest BCUT2D eigenvalue weighted by Crippen LogP contribution is 2.26. The molecule has 1 atom stereocenters. The number of ether oxygens (including phenoxy) is 2. The molecular weight excluding hydrogens is 220 g/mol. The molecule has 0 amide bonds. The van der Waals surface area contributed by atoms with Gasteiger partial charge in [0.25, 0.3) is 0 Å². The molecule has 1 rings (SSSR count). The van der Waals surface area contributed by atoms with Gasteiger partial charge < -0.3 is 14.6 Å². The molecule has 0 saturated carbocycles. The Labute approximate surface area is 101 Å². The predicted octanol–water partition coefficient (Wildman–Crippen LogP) is 0.850. The molecule has 0 radical (unpaired) electrons. The molecule has 0 heterocycles. The number of nitrogens with zero attached hydrogens (tertiary/aromatic N) is 1. The van der Waals surface area contributed by atoms with Crippen molar-refractivity contribution in [1.82, 2.24) is 5.32 Å². The summed E-state index contributed by atoms with van der Waals surface area (Å²) in [6, 6.07) is 6.90. The second-order valence-corrected chi connectivity index (χ2v) is 3.39. The van der Waals surface area contributed by atoms with E-state index in [0.717, 1.165) is 5.56 Å². The second-order valence-electron chi connectivity index (χ2n) is 3.39. The average Bonchev–Trinajstić information content (AvgIpc) is 2.39. The molecule has 17 heavy (non-hydrogen) atoms. The van der Waals surface area contributed by atoms with Crippen LogP contribution in [-0.4, -0.2) is 32.5 Å². The van der Waals surface area contributed by atoms with Gasteiger partial charge in [-0.25, -0.2) is 0 Å². The topological polar surface area (TPSA) is 74.5 Å². The number of benzene rings is 1. The van der Waals surface area contributed by atoms with Gasteiger partial charge in [-0.3, -0.25) is 5.32 Å². The lowest BCUT2D eigenvalue weighted by Crippen LogP contribution is -2.23. The summed E-state index contributed by atoms with van der Waals surface area (Å²) in [6.07, 6.45) is 0. The van der Waals surface area contributed by atoms with E-state index in [-0.39, 0.29) is 6.61 Å². The smallest absolute Gasteiger partial charge is 0.122 e. The van der Waals surface area contributed by atoms with Gasteiger partial charge in [-0.15, -0.1) is 0 Å². The van der Waals surface area contributed by atoms with Crippen molar-refractivity contribution in [1.29, 1.82) is 5.26 Å². The maximum absolute atomic E-state index is 9.06. The summed E-state index contributed by atoms with van der Waals surface area (Å²) in [6.45, 7) is 0.344. The van der Waals surface area contributed by atoms with Crippen LogP contribution in [0.3, 0.4) is 0 Å². The maximum Gasteiger partial charge on any atom is 0.122 e. The third-order valence-corrected chi connectivity index (χ3v) is 2.30. The van der Waals surface area contributed by atoms with E-state index in [4.69, 9.17) is 19.8 Å². The molecule has 0 bridgehead atoms. The Hall–Kier alpha value is -1.77. The van der Waals surface area contributed by atoms with Gasteiger partial charge in [0.15, 0.2) is 0 Å². The molecule has 1 aromatic carbocycles. The van der Waals surface area contributed by atoms with Crippen LogP contribution in [-0.2, 0) is 0 Å². The maximum atomic E-state index is 9.06. The molecule has 5 heteroatoms. The molecule has 5 nitrogen and oxygen atoms in total. The van der Waals surface area contributed by atoms with Crippen molar-refractivity contribution in [3.63, 3.8) is 0 Å². The quantitative estimate of drug-likeness (QED) is 0.766. The molecule has 0 aromatic heterocycles. The minimum absolute atomic E-state index is 0.0146. The van der Waals surface area contributed by atoms with Gasteiger partial charge in [-0.05, 0) is 17.7 Å². The number of methoxy groups -OCH3 is 2. The van der Waals surface area contributed by atoms with Crippen LogP contribution >= 0.6 is 0 Å². The van der Waals surface area contributed by atoms with Crippen molar-refractivity contribution in [3.8, 4) is 17.6 Å². The molecule has 0 saturated heterocycles. The molecule has 0 aliphatic carbocycles. The molecule has 92 valence electrons. The second kappa shape index (κ2) is 6.74. The zero-order chi connectivity index (χ0) is 12.7. The van der Waals surface area contributed by atoms with Crippen molar-refractivity contribution >= 4 is 0 Å². The summed E-state index contributed by atoms with van der Waals surface area (Å²) in [5.74, 6) is 1.26. The summed E-state index contributed by atoms with van der Waals surface area (Å²) in [4.78, 5) is 0. The van der Waals surface area contributed by atoms with Gasteiger partial charge in [0, 0.05) is 12.6 Å². The van der Waals surface area contributed by atoms with Crippen LogP contribution in [0.4, 0.5) is 0 Å². The third kappa shape index (κ3) is 3.63. The highest BCUT2D eigenvalue weighted by atomic mass is 16.5. The summed E-state index contributed by atoms with van der Waals surface area (Å²) < 4.78 is 10.3. The van der Waals surface area contributed by atoms with Gasteiger partial charge in [-0.2, -0.15) is 5.26 Å². The molecule has 2 N–H and O–H groups in total. The number of hydrogen-bond donors (Lipinski definition) is 2. The Morgan fingerprint density at radius 1 is 1.29 bits per heavy atom. The van der Waals surface area contributed by atoms with Crippen molar-refractivity contribution < 1.29 is 14.6 Å². The first kappa shape index (κ1) is 13.3. The molecule has 0 fully saturated rings. The van der Waals surface area contributed by atoms with E-state index in [0.29, 0.717) is 18.0 Å². The summed E-state index contributed by atoms with van der Waals surface area (Å²) >= 11 is 0. The van der Waals surface area contributed by atoms with Crippen LogP contribution in [0.25, 0.3) is 0 Å². The van der Waals surface area contributed by atoms with Gasteiger partial charge in [0.05, 0.1) is 26.9 Å². The van der Waals surface area contributed by atoms with Crippen LogP contribution in [0.15, 0.2) is 18.2 Å². The number of nitriles is 1. The lowest BCUT2D eigenvalue weighted by atomic mass is 10.1. The van der Waals surface area contributed by atoms with E-state index in [1.165, 1.54) is 0 Å². The van der Waals surface area contributed by atoms with Crippen LogP contribution in [0, 0.1) is 11.3 Å². The van der Waals surface area contributed by atoms with Gasteiger partial charge in [0.1, 0.15) is 17.5 Å². The van der Waals surface area contributed by atoms with Gasteiger partial charge >= 0.3 is 0 Å².